The zero-order valence-corrected chi connectivity index (χ0v) is 21.6. The van der Waals surface area contributed by atoms with Gasteiger partial charge < -0.3 is 40.2 Å². The van der Waals surface area contributed by atoms with Gasteiger partial charge in [0.25, 0.3) is 5.91 Å². The molecule has 10 nitrogen and oxygen atoms in total. The Hall–Kier alpha value is -3.22. The minimum absolute atomic E-state index is 0.0999. The molecular formula is C26H27BrN2O8. The zero-order valence-electron chi connectivity index (χ0n) is 20.1. The highest BCUT2D eigenvalue weighted by atomic mass is 79.9. The van der Waals surface area contributed by atoms with Gasteiger partial charge in [-0.1, -0.05) is 34.1 Å². The zero-order chi connectivity index (χ0) is 26.7. The number of methoxy groups -OCH3 is 1. The summed E-state index contributed by atoms with van der Waals surface area (Å²) in [6.45, 7) is 0.645. The summed E-state index contributed by atoms with van der Waals surface area (Å²) in [5, 5.41) is 37.4. The Morgan fingerprint density at radius 3 is 2.49 bits per heavy atom. The normalized spacial score (nSPS) is 23.4. The predicted octanol–water partition coefficient (Wildman–Crippen LogP) is 2.19. The minimum atomic E-state index is -1.50. The van der Waals surface area contributed by atoms with Gasteiger partial charge in [0.2, 0.25) is 12.2 Å². The van der Waals surface area contributed by atoms with Crippen LogP contribution in [0, 0.1) is 0 Å². The molecule has 1 fully saturated rings. The summed E-state index contributed by atoms with van der Waals surface area (Å²) in [4.78, 5) is 25.3. The number of carbonyl (C=O) groups is 2. The lowest BCUT2D eigenvalue weighted by Gasteiger charge is -2.42. The van der Waals surface area contributed by atoms with Crippen molar-refractivity contribution in [3.63, 3.8) is 0 Å². The number of ether oxygens (including phenoxy) is 3. The number of hydrogen-bond acceptors (Lipinski definition) is 8. The molecule has 2 amide bonds. The van der Waals surface area contributed by atoms with Gasteiger partial charge in [0.05, 0.1) is 25.0 Å². The number of nitrogens with one attached hydrogen (secondary N) is 2. The summed E-state index contributed by atoms with van der Waals surface area (Å²) in [5.74, 6) is -0.435. The van der Waals surface area contributed by atoms with Gasteiger partial charge in [-0.2, -0.15) is 0 Å². The topological polar surface area (TPSA) is 147 Å². The number of aliphatic hydroxyl groups excluding tert-OH is 3. The highest BCUT2D eigenvalue weighted by Gasteiger charge is 2.46. The molecule has 0 saturated carbocycles. The number of benzene rings is 3. The number of rotatable bonds is 7. The number of carbonyl (C=O) groups excluding carboxylic acids is 2. The molecule has 1 aliphatic rings. The molecule has 1 aliphatic heterocycles. The standard InChI is InChI=1S/C26H27BrN2O8/c1-13(31)28-22-24(33)23(32)21(12-30)37-26(22)36-20-11-14-7-8-16(27)9-15(14)10-17(20)25(34)29-18-5-3-4-6-19(18)35-2/h3-11,21-24,26,30,32-33H,12H2,1-2H3,(H,28,31)(H,29,34)/t21-,22+,23+,24+,26-/m0/s1. The number of aliphatic hydroxyl groups is 3. The second-order valence-corrected chi connectivity index (χ2v) is 9.46. The molecule has 11 heteroatoms. The molecule has 3 aromatic carbocycles. The molecule has 0 unspecified atom stereocenters. The van der Waals surface area contributed by atoms with Crippen molar-refractivity contribution in [2.75, 3.05) is 19.0 Å². The van der Waals surface area contributed by atoms with Gasteiger partial charge >= 0.3 is 0 Å². The molecule has 196 valence electrons. The second-order valence-electron chi connectivity index (χ2n) is 8.55. The van der Waals surface area contributed by atoms with E-state index in [9.17, 15) is 24.9 Å². The lowest BCUT2D eigenvalue weighted by molar-refractivity contribution is -0.244. The highest BCUT2D eigenvalue weighted by molar-refractivity contribution is 9.10. The summed E-state index contributed by atoms with van der Waals surface area (Å²) in [7, 11) is 1.49. The molecule has 0 radical (unpaired) electrons. The van der Waals surface area contributed by atoms with Crippen molar-refractivity contribution in [1.82, 2.24) is 5.32 Å². The molecule has 37 heavy (non-hydrogen) atoms. The summed E-state index contributed by atoms with van der Waals surface area (Å²) < 4.78 is 17.9. The van der Waals surface area contributed by atoms with Crippen molar-refractivity contribution in [3.05, 3.63) is 64.6 Å². The number of halogens is 1. The summed E-state index contributed by atoms with van der Waals surface area (Å²) in [5.41, 5.74) is 0.585. The Morgan fingerprint density at radius 1 is 1.03 bits per heavy atom. The number of amides is 2. The van der Waals surface area contributed by atoms with E-state index < -0.39 is 49.1 Å². The first-order chi connectivity index (χ1) is 17.7. The van der Waals surface area contributed by atoms with E-state index in [2.05, 4.69) is 26.6 Å². The highest BCUT2D eigenvalue weighted by Crippen LogP contribution is 2.33. The van der Waals surface area contributed by atoms with E-state index >= 15 is 0 Å². The number of fused-ring (bicyclic) bond motifs is 1. The van der Waals surface area contributed by atoms with Crippen LogP contribution in [0.25, 0.3) is 10.8 Å². The van der Waals surface area contributed by atoms with Crippen LogP contribution in [0.15, 0.2) is 59.1 Å². The van der Waals surface area contributed by atoms with Crippen LogP contribution in [-0.2, 0) is 9.53 Å². The second kappa shape index (κ2) is 11.4. The SMILES string of the molecule is COc1ccccc1NC(=O)c1cc2cc(Br)ccc2cc1O[C@H]1O[C@@H](CO)[C@@H](O)[C@H](O)[C@H]1NC(C)=O. The monoisotopic (exact) mass is 574 g/mol. The largest absolute Gasteiger partial charge is 0.495 e. The maximum atomic E-state index is 13.5. The van der Waals surface area contributed by atoms with Crippen LogP contribution in [-0.4, -0.2) is 71.5 Å². The van der Waals surface area contributed by atoms with Gasteiger partial charge in [0.15, 0.2) is 0 Å². The third-order valence-corrected chi connectivity index (χ3v) is 6.49. The molecule has 0 aliphatic carbocycles. The fourth-order valence-corrected chi connectivity index (χ4v) is 4.54. The molecule has 1 saturated heterocycles. The molecule has 1 heterocycles. The molecule has 0 spiro atoms. The molecule has 4 rings (SSSR count). The van der Waals surface area contributed by atoms with Gasteiger partial charge in [-0.15, -0.1) is 0 Å². The van der Waals surface area contributed by atoms with Crippen LogP contribution in [0.4, 0.5) is 5.69 Å². The van der Waals surface area contributed by atoms with E-state index in [1.807, 2.05) is 18.2 Å². The first-order valence-electron chi connectivity index (χ1n) is 11.5. The van der Waals surface area contributed by atoms with Crippen LogP contribution in [0.2, 0.25) is 0 Å². The van der Waals surface area contributed by atoms with E-state index in [0.717, 1.165) is 15.2 Å². The van der Waals surface area contributed by atoms with Crippen molar-refractivity contribution in [2.24, 2.45) is 0 Å². The fraction of sp³-hybridized carbons (Fsp3) is 0.308. The average Bonchev–Trinajstić information content (AvgIpc) is 2.88. The van der Waals surface area contributed by atoms with Gasteiger partial charge in [-0.25, -0.2) is 0 Å². The lowest BCUT2D eigenvalue weighted by Crippen LogP contribution is -2.65. The van der Waals surface area contributed by atoms with Crippen LogP contribution >= 0.6 is 15.9 Å². The lowest BCUT2D eigenvalue weighted by atomic mass is 9.96. The van der Waals surface area contributed by atoms with Crippen LogP contribution in [0.3, 0.4) is 0 Å². The maximum absolute atomic E-state index is 13.5. The van der Waals surface area contributed by atoms with E-state index in [1.165, 1.54) is 14.0 Å². The van der Waals surface area contributed by atoms with Crippen molar-refractivity contribution >= 4 is 44.2 Å². The molecule has 3 aromatic rings. The van der Waals surface area contributed by atoms with Gasteiger partial charge in [-0.3, -0.25) is 9.59 Å². The Kier molecular flexibility index (Phi) is 8.30. The molecule has 5 atom stereocenters. The Balaban J connectivity index is 1.75. The minimum Gasteiger partial charge on any atom is -0.495 e. The van der Waals surface area contributed by atoms with E-state index in [0.29, 0.717) is 11.4 Å². The fourth-order valence-electron chi connectivity index (χ4n) is 4.16. The third kappa shape index (κ3) is 5.86. The predicted molar refractivity (Wildman–Crippen MR) is 139 cm³/mol. The smallest absolute Gasteiger partial charge is 0.259 e. The van der Waals surface area contributed by atoms with Crippen LogP contribution < -0.4 is 20.1 Å². The molecule has 0 aromatic heterocycles. The van der Waals surface area contributed by atoms with Gasteiger partial charge in [0.1, 0.15) is 35.9 Å². The molecule has 0 bridgehead atoms. The Labute approximate surface area is 221 Å². The van der Waals surface area contributed by atoms with Crippen molar-refractivity contribution in [1.29, 1.82) is 0 Å². The Morgan fingerprint density at radius 2 is 1.78 bits per heavy atom. The molecule has 5 N–H and O–H groups in total. The molecular weight excluding hydrogens is 548 g/mol. The van der Waals surface area contributed by atoms with Crippen LogP contribution in [0.1, 0.15) is 17.3 Å². The summed E-state index contributed by atoms with van der Waals surface area (Å²) >= 11 is 3.44. The van der Waals surface area contributed by atoms with E-state index in [1.54, 1.807) is 36.4 Å². The van der Waals surface area contributed by atoms with Gasteiger partial charge in [-0.05, 0) is 47.2 Å². The van der Waals surface area contributed by atoms with Crippen LogP contribution in [0.5, 0.6) is 11.5 Å². The third-order valence-electron chi connectivity index (χ3n) is 5.99. The van der Waals surface area contributed by atoms with E-state index in [-0.39, 0.29) is 11.3 Å². The first-order valence-corrected chi connectivity index (χ1v) is 12.2. The summed E-state index contributed by atoms with van der Waals surface area (Å²) in [6, 6.07) is 14.5. The number of para-hydroxylation sites is 2. The average molecular weight is 575 g/mol. The maximum Gasteiger partial charge on any atom is 0.259 e. The quantitative estimate of drug-likeness (QED) is 0.288. The van der Waals surface area contributed by atoms with Gasteiger partial charge in [0, 0.05) is 11.4 Å². The van der Waals surface area contributed by atoms with Crippen molar-refractivity contribution < 1.29 is 39.1 Å². The van der Waals surface area contributed by atoms with Crippen molar-refractivity contribution in [3.8, 4) is 11.5 Å². The number of hydrogen-bond donors (Lipinski definition) is 5. The first kappa shape index (κ1) is 26.8. The summed E-state index contributed by atoms with van der Waals surface area (Å²) in [6.07, 6.45) is -5.47. The number of anilines is 1. The Bertz CT molecular complexity index is 1300. The van der Waals surface area contributed by atoms with E-state index in [4.69, 9.17) is 14.2 Å². The van der Waals surface area contributed by atoms with Crippen molar-refractivity contribution in [2.45, 2.75) is 37.6 Å².